The van der Waals surface area contributed by atoms with Gasteiger partial charge in [0.15, 0.2) is 0 Å². The lowest BCUT2D eigenvalue weighted by atomic mass is 10.1. The average molecular weight is 284 g/mol. The van der Waals surface area contributed by atoms with Crippen molar-refractivity contribution in [3.63, 3.8) is 0 Å². The Balaban J connectivity index is 4.45. The zero-order chi connectivity index (χ0) is 15.5. The number of nitrogens with one attached hydrogen (secondary N) is 1. The van der Waals surface area contributed by atoms with E-state index in [4.69, 9.17) is 0 Å². The molecule has 20 heavy (non-hydrogen) atoms. The normalized spacial score (nSPS) is 15.8. The van der Waals surface area contributed by atoms with E-state index in [1.54, 1.807) is 0 Å². The molecular weight excluding hydrogens is 248 g/mol. The summed E-state index contributed by atoms with van der Waals surface area (Å²) in [6.07, 6.45) is 2.55. The van der Waals surface area contributed by atoms with Crippen LogP contribution < -0.4 is 5.43 Å². The van der Waals surface area contributed by atoms with Crippen molar-refractivity contribution in [2.45, 2.75) is 66.5 Å². The van der Waals surface area contributed by atoms with Crippen LogP contribution >= 0.6 is 0 Å². The maximum atomic E-state index is 4.32. The fourth-order valence-electron chi connectivity index (χ4n) is 2.71. The van der Waals surface area contributed by atoms with Crippen molar-refractivity contribution in [3.05, 3.63) is 0 Å². The minimum atomic E-state index is 0.396. The molecule has 2 unspecified atom stereocenters. The first-order chi connectivity index (χ1) is 9.51. The Labute approximate surface area is 126 Å². The number of rotatable bonds is 11. The SMILES string of the molecule is CCCC(C)N(CC)CCN(CC)C(C)/C(C)=N/NC. The van der Waals surface area contributed by atoms with E-state index in [-0.39, 0.29) is 0 Å². The Morgan fingerprint density at radius 3 is 2.05 bits per heavy atom. The predicted octanol–water partition coefficient (Wildman–Crippen LogP) is 2.80. The highest BCUT2D eigenvalue weighted by Crippen LogP contribution is 2.08. The highest BCUT2D eigenvalue weighted by Gasteiger charge is 2.17. The molecule has 0 aliphatic carbocycles. The van der Waals surface area contributed by atoms with Crippen LogP contribution in [0, 0.1) is 0 Å². The van der Waals surface area contributed by atoms with Gasteiger partial charge in [0.05, 0.1) is 5.71 Å². The van der Waals surface area contributed by atoms with Crippen LogP contribution in [0.4, 0.5) is 0 Å². The number of hydrogen-bond acceptors (Lipinski definition) is 4. The second-order valence-corrected chi connectivity index (χ2v) is 5.55. The molecule has 0 aromatic carbocycles. The molecule has 0 fully saturated rings. The third kappa shape index (κ3) is 6.71. The Bertz CT molecular complexity index is 265. The summed E-state index contributed by atoms with van der Waals surface area (Å²) in [5.74, 6) is 0. The minimum Gasteiger partial charge on any atom is -0.313 e. The molecule has 0 spiro atoms. The lowest BCUT2D eigenvalue weighted by Gasteiger charge is -2.33. The fraction of sp³-hybridized carbons (Fsp3) is 0.938. The molecule has 0 aromatic rings. The van der Waals surface area contributed by atoms with Gasteiger partial charge in [-0.05, 0) is 40.3 Å². The first-order valence-electron chi connectivity index (χ1n) is 8.20. The zero-order valence-electron chi connectivity index (χ0n) is 14.7. The number of likely N-dealkylation sites (N-methyl/N-ethyl adjacent to an activating group) is 2. The maximum absolute atomic E-state index is 4.32. The first-order valence-corrected chi connectivity index (χ1v) is 8.20. The van der Waals surface area contributed by atoms with Crippen LogP contribution in [0.15, 0.2) is 5.10 Å². The molecule has 0 rings (SSSR count). The van der Waals surface area contributed by atoms with Gasteiger partial charge >= 0.3 is 0 Å². The maximum Gasteiger partial charge on any atom is 0.0515 e. The van der Waals surface area contributed by atoms with Gasteiger partial charge < -0.3 is 5.43 Å². The lowest BCUT2D eigenvalue weighted by molar-refractivity contribution is 0.164. The summed E-state index contributed by atoms with van der Waals surface area (Å²) in [5.41, 5.74) is 4.04. The van der Waals surface area contributed by atoms with Crippen LogP contribution in [-0.2, 0) is 0 Å². The molecule has 0 aliphatic heterocycles. The molecule has 0 radical (unpaired) electrons. The summed E-state index contributed by atoms with van der Waals surface area (Å²) >= 11 is 0. The van der Waals surface area contributed by atoms with E-state index in [1.165, 1.54) is 12.8 Å². The molecule has 0 aliphatic rings. The van der Waals surface area contributed by atoms with Crippen molar-refractivity contribution >= 4 is 5.71 Å². The molecule has 0 amide bonds. The number of nitrogens with zero attached hydrogens (tertiary/aromatic N) is 3. The standard InChI is InChI=1S/C16H36N4/c1-8-11-14(4)19(9-2)12-13-20(10-3)16(6)15(5)18-17-7/h14,16-17H,8-13H2,1-7H3/b18-15+. The molecule has 4 nitrogen and oxygen atoms in total. The molecular formula is C16H36N4. The third-order valence-corrected chi connectivity index (χ3v) is 4.26. The van der Waals surface area contributed by atoms with Gasteiger partial charge in [0.25, 0.3) is 0 Å². The molecule has 0 heterocycles. The van der Waals surface area contributed by atoms with Crippen molar-refractivity contribution in [2.24, 2.45) is 5.10 Å². The van der Waals surface area contributed by atoms with Crippen molar-refractivity contribution in [3.8, 4) is 0 Å². The zero-order valence-corrected chi connectivity index (χ0v) is 14.7. The number of hydrogen-bond donors (Lipinski definition) is 1. The second kappa shape index (κ2) is 11.1. The summed E-state index contributed by atoms with van der Waals surface area (Å²) in [4.78, 5) is 5.08. The van der Waals surface area contributed by atoms with Crippen LogP contribution in [0.25, 0.3) is 0 Å². The van der Waals surface area contributed by atoms with E-state index in [9.17, 15) is 0 Å². The fourth-order valence-corrected chi connectivity index (χ4v) is 2.71. The van der Waals surface area contributed by atoms with E-state index in [0.29, 0.717) is 12.1 Å². The van der Waals surface area contributed by atoms with Crippen LogP contribution in [0.1, 0.15) is 54.4 Å². The van der Waals surface area contributed by atoms with Crippen molar-refractivity contribution in [1.29, 1.82) is 0 Å². The van der Waals surface area contributed by atoms with Gasteiger partial charge in [-0.3, -0.25) is 9.80 Å². The average Bonchev–Trinajstić information content (AvgIpc) is 2.43. The van der Waals surface area contributed by atoms with E-state index >= 15 is 0 Å². The molecule has 0 saturated heterocycles. The highest BCUT2D eigenvalue weighted by molar-refractivity contribution is 5.86. The van der Waals surface area contributed by atoms with Gasteiger partial charge in [0.1, 0.15) is 0 Å². The van der Waals surface area contributed by atoms with Crippen molar-refractivity contribution < 1.29 is 0 Å². The van der Waals surface area contributed by atoms with Gasteiger partial charge in [-0.1, -0.05) is 27.2 Å². The van der Waals surface area contributed by atoms with Crippen LogP contribution in [0.5, 0.6) is 0 Å². The number of hydrazone groups is 1. The molecule has 2 atom stereocenters. The van der Waals surface area contributed by atoms with E-state index in [0.717, 1.165) is 31.9 Å². The summed E-state index contributed by atoms with van der Waals surface area (Å²) in [5, 5.41) is 4.32. The van der Waals surface area contributed by atoms with Gasteiger partial charge in [0.2, 0.25) is 0 Å². The molecule has 0 saturated carbocycles. The molecule has 0 aromatic heterocycles. The summed E-state index contributed by atoms with van der Waals surface area (Å²) < 4.78 is 0. The summed E-state index contributed by atoms with van der Waals surface area (Å²) in [7, 11) is 1.86. The Morgan fingerprint density at radius 1 is 1.05 bits per heavy atom. The third-order valence-electron chi connectivity index (χ3n) is 4.26. The monoisotopic (exact) mass is 284 g/mol. The van der Waals surface area contributed by atoms with E-state index < -0.39 is 0 Å². The molecule has 0 bridgehead atoms. The summed E-state index contributed by atoms with van der Waals surface area (Å²) in [6, 6.07) is 1.08. The van der Waals surface area contributed by atoms with Crippen molar-refractivity contribution in [1.82, 2.24) is 15.2 Å². The van der Waals surface area contributed by atoms with Gasteiger partial charge in [-0.2, -0.15) is 5.10 Å². The molecule has 120 valence electrons. The quantitative estimate of drug-likeness (QED) is 0.467. The van der Waals surface area contributed by atoms with Gasteiger partial charge in [0, 0.05) is 32.2 Å². The van der Waals surface area contributed by atoms with E-state index in [1.807, 2.05) is 7.05 Å². The van der Waals surface area contributed by atoms with E-state index in [2.05, 4.69) is 61.9 Å². The smallest absolute Gasteiger partial charge is 0.0515 e. The second-order valence-electron chi connectivity index (χ2n) is 5.55. The molecule has 1 N–H and O–H groups in total. The van der Waals surface area contributed by atoms with Gasteiger partial charge in [-0.25, -0.2) is 0 Å². The lowest BCUT2D eigenvalue weighted by Crippen LogP contribution is -2.45. The van der Waals surface area contributed by atoms with Gasteiger partial charge in [-0.15, -0.1) is 0 Å². The largest absolute Gasteiger partial charge is 0.313 e. The summed E-state index contributed by atoms with van der Waals surface area (Å²) in [6.45, 7) is 17.9. The topological polar surface area (TPSA) is 30.9 Å². The van der Waals surface area contributed by atoms with Crippen LogP contribution in [0.2, 0.25) is 0 Å². The predicted molar refractivity (Wildman–Crippen MR) is 90.5 cm³/mol. The van der Waals surface area contributed by atoms with Crippen LogP contribution in [0.3, 0.4) is 0 Å². The highest BCUT2D eigenvalue weighted by atomic mass is 15.3. The molecule has 4 heteroatoms. The first kappa shape index (κ1) is 19.4. The van der Waals surface area contributed by atoms with Crippen molar-refractivity contribution in [2.75, 3.05) is 33.2 Å². The Hall–Kier alpha value is -0.610. The van der Waals surface area contributed by atoms with Crippen LogP contribution in [-0.4, -0.2) is 60.8 Å². The minimum absolute atomic E-state index is 0.396. The Kier molecular flexibility index (Phi) is 10.8. The Morgan fingerprint density at radius 2 is 1.60 bits per heavy atom.